The second-order valence-electron chi connectivity index (χ2n) is 8.12. The predicted molar refractivity (Wildman–Crippen MR) is 122 cm³/mol. The van der Waals surface area contributed by atoms with Crippen LogP contribution in [0.2, 0.25) is 0 Å². The van der Waals surface area contributed by atoms with Crippen molar-refractivity contribution < 1.29 is 27.2 Å². The molecule has 4 aromatic rings. The minimum absolute atomic E-state index is 0.0488. The fourth-order valence-corrected chi connectivity index (χ4v) is 3.78. The van der Waals surface area contributed by atoms with E-state index in [1.165, 1.54) is 12.3 Å². The fraction of sp³-hybridized carbons (Fsp3) is 0.192. The Morgan fingerprint density at radius 2 is 1.69 bits per heavy atom. The third-order valence-electron chi connectivity index (χ3n) is 5.61. The minimum atomic E-state index is -4.73. The standard InChI is InChI=1S/C26H20F3N3O3/c27-26(28,29)24-21(23(31-35-24)17-7-3-1-4-8-17)16-34-22-14-11-18(15-30-22)25(33)32(20-12-13-20)19-9-5-2-6-10-19/h1-11,14-15,20H,12-13,16H2. The number of ether oxygens (including phenoxy) is 1. The van der Waals surface area contributed by atoms with Crippen LogP contribution in [0, 0.1) is 0 Å². The van der Waals surface area contributed by atoms with E-state index in [0.29, 0.717) is 11.1 Å². The molecular formula is C26H20F3N3O3. The number of benzene rings is 2. The van der Waals surface area contributed by atoms with Crippen LogP contribution in [-0.2, 0) is 12.8 Å². The van der Waals surface area contributed by atoms with Crippen molar-refractivity contribution in [3.8, 4) is 17.1 Å². The lowest BCUT2D eigenvalue weighted by Gasteiger charge is -2.22. The van der Waals surface area contributed by atoms with Crippen molar-refractivity contribution >= 4 is 11.6 Å². The Balaban J connectivity index is 1.35. The molecule has 0 spiro atoms. The zero-order valence-corrected chi connectivity index (χ0v) is 18.4. The number of halogens is 3. The number of nitrogens with zero attached hydrogens (tertiary/aromatic N) is 3. The zero-order chi connectivity index (χ0) is 24.4. The molecule has 1 aliphatic carbocycles. The number of pyridine rings is 1. The van der Waals surface area contributed by atoms with Crippen LogP contribution >= 0.6 is 0 Å². The number of carbonyl (C=O) groups is 1. The summed E-state index contributed by atoms with van der Waals surface area (Å²) in [5, 5.41) is 3.63. The van der Waals surface area contributed by atoms with Gasteiger partial charge in [-0.15, -0.1) is 0 Å². The average molecular weight is 479 g/mol. The maximum absolute atomic E-state index is 13.5. The van der Waals surface area contributed by atoms with Gasteiger partial charge in [-0.25, -0.2) is 4.98 Å². The van der Waals surface area contributed by atoms with Crippen LogP contribution in [-0.4, -0.2) is 22.1 Å². The molecule has 0 atom stereocenters. The lowest BCUT2D eigenvalue weighted by Crippen LogP contribution is -2.33. The summed E-state index contributed by atoms with van der Waals surface area (Å²) in [6.07, 6.45) is -1.50. The smallest absolute Gasteiger partial charge is 0.452 e. The number of para-hydroxylation sites is 1. The Bertz CT molecular complexity index is 1300. The summed E-state index contributed by atoms with van der Waals surface area (Å²) in [7, 11) is 0. The van der Waals surface area contributed by atoms with Gasteiger partial charge in [0.2, 0.25) is 11.6 Å². The molecule has 2 aromatic heterocycles. The number of aromatic nitrogens is 2. The third kappa shape index (κ3) is 4.89. The molecule has 2 aromatic carbocycles. The largest absolute Gasteiger partial charge is 0.473 e. The van der Waals surface area contributed by atoms with Crippen LogP contribution in [0.15, 0.2) is 83.5 Å². The van der Waals surface area contributed by atoms with E-state index < -0.39 is 18.5 Å². The van der Waals surface area contributed by atoms with E-state index in [2.05, 4.69) is 14.7 Å². The van der Waals surface area contributed by atoms with Crippen LogP contribution in [0.1, 0.15) is 34.5 Å². The molecule has 1 fully saturated rings. The topological polar surface area (TPSA) is 68.5 Å². The van der Waals surface area contributed by atoms with Gasteiger partial charge in [-0.1, -0.05) is 53.7 Å². The second-order valence-corrected chi connectivity index (χ2v) is 8.12. The van der Waals surface area contributed by atoms with Gasteiger partial charge < -0.3 is 14.2 Å². The Morgan fingerprint density at radius 1 is 1.00 bits per heavy atom. The van der Waals surface area contributed by atoms with Crippen LogP contribution in [0.3, 0.4) is 0 Å². The van der Waals surface area contributed by atoms with E-state index in [4.69, 9.17) is 4.74 Å². The van der Waals surface area contributed by atoms with Gasteiger partial charge in [0.15, 0.2) is 0 Å². The van der Waals surface area contributed by atoms with Crippen molar-refractivity contribution in [3.63, 3.8) is 0 Å². The summed E-state index contributed by atoms with van der Waals surface area (Å²) in [6.45, 7) is -0.457. The summed E-state index contributed by atoms with van der Waals surface area (Å²) >= 11 is 0. The first-order valence-electron chi connectivity index (χ1n) is 11.0. The summed E-state index contributed by atoms with van der Waals surface area (Å²) < 4.78 is 50.6. The fourth-order valence-electron chi connectivity index (χ4n) is 3.78. The number of rotatable bonds is 7. The Labute approximate surface area is 199 Å². The van der Waals surface area contributed by atoms with Gasteiger partial charge in [-0.3, -0.25) is 4.79 Å². The molecule has 0 unspecified atom stereocenters. The summed E-state index contributed by atoms with van der Waals surface area (Å²) in [5.74, 6) is -1.33. The number of hydrogen-bond donors (Lipinski definition) is 0. The van der Waals surface area contributed by atoms with Crippen LogP contribution in [0.4, 0.5) is 18.9 Å². The SMILES string of the molecule is O=C(c1ccc(OCc2c(-c3ccccc3)noc2C(F)(F)F)nc1)N(c1ccccc1)C1CC1. The lowest BCUT2D eigenvalue weighted by molar-refractivity contribution is -0.156. The molecular weight excluding hydrogens is 459 g/mol. The number of carbonyl (C=O) groups excluding carboxylic acids is 1. The quantitative estimate of drug-likeness (QED) is 0.318. The Hall–Kier alpha value is -4.14. The summed E-state index contributed by atoms with van der Waals surface area (Å²) in [4.78, 5) is 19.0. The first-order valence-corrected chi connectivity index (χ1v) is 11.0. The van der Waals surface area contributed by atoms with Crippen LogP contribution < -0.4 is 9.64 Å². The molecule has 1 saturated carbocycles. The first kappa shape index (κ1) is 22.6. The van der Waals surface area contributed by atoms with Gasteiger partial charge in [-0.2, -0.15) is 13.2 Å². The highest BCUT2D eigenvalue weighted by Crippen LogP contribution is 2.37. The summed E-state index contributed by atoms with van der Waals surface area (Å²) in [5.41, 5.74) is 1.46. The first-order chi connectivity index (χ1) is 16.9. The van der Waals surface area contributed by atoms with Gasteiger partial charge in [0, 0.05) is 29.6 Å². The van der Waals surface area contributed by atoms with E-state index >= 15 is 0 Å². The van der Waals surface area contributed by atoms with E-state index in [9.17, 15) is 18.0 Å². The zero-order valence-electron chi connectivity index (χ0n) is 18.4. The van der Waals surface area contributed by atoms with E-state index in [1.54, 1.807) is 41.3 Å². The number of amides is 1. The Kier molecular flexibility index (Phi) is 5.98. The second kappa shape index (κ2) is 9.25. The lowest BCUT2D eigenvalue weighted by atomic mass is 10.1. The number of hydrogen-bond acceptors (Lipinski definition) is 5. The number of anilines is 1. The van der Waals surface area contributed by atoms with E-state index in [-0.39, 0.29) is 29.1 Å². The molecule has 178 valence electrons. The molecule has 1 aliphatic rings. The maximum atomic E-state index is 13.5. The molecule has 0 radical (unpaired) electrons. The molecule has 0 saturated heterocycles. The van der Waals surface area contributed by atoms with Crippen LogP contribution in [0.25, 0.3) is 11.3 Å². The van der Waals surface area contributed by atoms with Crippen molar-refractivity contribution in [2.45, 2.75) is 31.7 Å². The maximum Gasteiger partial charge on any atom is 0.452 e. The molecule has 5 rings (SSSR count). The molecule has 35 heavy (non-hydrogen) atoms. The highest BCUT2D eigenvalue weighted by atomic mass is 19.4. The highest BCUT2D eigenvalue weighted by molar-refractivity contribution is 6.06. The van der Waals surface area contributed by atoms with Gasteiger partial charge in [-0.05, 0) is 31.0 Å². The monoisotopic (exact) mass is 479 g/mol. The van der Waals surface area contributed by atoms with Crippen molar-refractivity contribution in [1.29, 1.82) is 0 Å². The van der Waals surface area contributed by atoms with Gasteiger partial charge in [0.05, 0.1) is 11.1 Å². The molecule has 2 heterocycles. The van der Waals surface area contributed by atoms with Gasteiger partial charge >= 0.3 is 6.18 Å². The molecule has 9 heteroatoms. The average Bonchev–Trinajstić information content (AvgIpc) is 3.60. The summed E-state index contributed by atoms with van der Waals surface area (Å²) in [6, 6.07) is 21.0. The molecule has 0 N–H and O–H groups in total. The molecule has 0 aliphatic heterocycles. The molecule has 6 nitrogen and oxygen atoms in total. The van der Waals surface area contributed by atoms with Crippen molar-refractivity contribution in [2.24, 2.45) is 0 Å². The van der Waals surface area contributed by atoms with Crippen LogP contribution in [0.5, 0.6) is 5.88 Å². The third-order valence-corrected chi connectivity index (χ3v) is 5.61. The van der Waals surface area contributed by atoms with Crippen molar-refractivity contribution in [2.75, 3.05) is 4.90 Å². The predicted octanol–water partition coefficient (Wildman–Crippen LogP) is 6.14. The Morgan fingerprint density at radius 3 is 2.29 bits per heavy atom. The van der Waals surface area contributed by atoms with E-state index in [0.717, 1.165) is 18.5 Å². The minimum Gasteiger partial charge on any atom is -0.473 e. The molecule has 1 amide bonds. The van der Waals surface area contributed by atoms with Crippen molar-refractivity contribution in [1.82, 2.24) is 10.1 Å². The highest BCUT2D eigenvalue weighted by Gasteiger charge is 2.41. The molecule has 0 bridgehead atoms. The van der Waals surface area contributed by atoms with Gasteiger partial charge in [0.1, 0.15) is 12.3 Å². The number of alkyl halides is 3. The van der Waals surface area contributed by atoms with E-state index in [1.807, 2.05) is 30.3 Å². The van der Waals surface area contributed by atoms with Gasteiger partial charge in [0.25, 0.3) is 5.91 Å². The normalized spacial score (nSPS) is 13.5. The van der Waals surface area contributed by atoms with Crippen molar-refractivity contribution in [3.05, 3.63) is 95.9 Å².